The Labute approximate surface area is 343 Å². The second kappa shape index (κ2) is 13.4. The molecule has 0 bridgehead atoms. The van der Waals surface area contributed by atoms with Crippen molar-refractivity contribution in [1.82, 2.24) is 29.1 Å². The molecule has 0 spiro atoms. The largest absolute Gasteiger partial charge is 0.292 e. The molecule has 0 aliphatic heterocycles. The van der Waals surface area contributed by atoms with Crippen molar-refractivity contribution in [2.75, 3.05) is 0 Å². The van der Waals surface area contributed by atoms with Gasteiger partial charge in [0, 0.05) is 53.3 Å². The summed E-state index contributed by atoms with van der Waals surface area (Å²) in [6.45, 7) is 0. The molecule has 6 nitrogen and oxygen atoms in total. The van der Waals surface area contributed by atoms with Gasteiger partial charge in [0.05, 0.1) is 22.1 Å². The molecule has 8 aromatic carbocycles. The number of para-hydroxylation sites is 4. The number of thiophene rings is 1. The number of fused-ring (bicyclic) bond motifs is 7. The Morgan fingerprint density at radius 1 is 0.390 bits per heavy atom. The van der Waals surface area contributed by atoms with Crippen LogP contribution in [0.5, 0.6) is 0 Å². The molecule has 0 radical (unpaired) electrons. The monoisotopic (exact) mass is 772 g/mol. The van der Waals surface area contributed by atoms with Crippen molar-refractivity contribution in [3.63, 3.8) is 0 Å². The van der Waals surface area contributed by atoms with Gasteiger partial charge in [-0.25, -0.2) is 9.97 Å². The standard InChI is InChI=1S/C52H32N6S/c1-4-16-33(17-5-1)37-23-15-29-45-47(37)39-22-10-12-27-43(39)58(45)52-55-49(34-18-6-2-7-19-34)54-50(56-52)40-25-14-24-38-41-32-35(30-31-46(41)59-48(38)40)51-53-42-26-11-13-28-44(42)57(51)36-20-8-3-9-21-36/h1-32H. The van der Waals surface area contributed by atoms with Crippen LogP contribution in [0.2, 0.25) is 0 Å². The third-order valence-corrected chi connectivity index (χ3v) is 12.4. The quantitative estimate of drug-likeness (QED) is 0.169. The fourth-order valence-corrected chi connectivity index (χ4v) is 9.76. The van der Waals surface area contributed by atoms with Crippen LogP contribution in [0.4, 0.5) is 0 Å². The van der Waals surface area contributed by atoms with E-state index < -0.39 is 0 Å². The zero-order chi connectivity index (χ0) is 38.9. The average Bonchev–Trinajstić information content (AvgIpc) is 3.99. The number of benzene rings is 8. The van der Waals surface area contributed by atoms with E-state index in [4.69, 9.17) is 19.9 Å². The van der Waals surface area contributed by atoms with Gasteiger partial charge >= 0.3 is 0 Å². The lowest BCUT2D eigenvalue weighted by Crippen LogP contribution is -2.06. The Bertz CT molecular complexity index is 3550. The lowest BCUT2D eigenvalue weighted by Gasteiger charge is -2.11. The van der Waals surface area contributed by atoms with E-state index in [1.807, 2.05) is 30.3 Å². The van der Waals surface area contributed by atoms with Gasteiger partial charge in [-0.15, -0.1) is 11.3 Å². The van der Waals surface area contributed by atoms with E-state index in [1.54, 1.807) is 11.3 Å². The van der Waals surface area contributed by atoms with E-state index in [-0.39, 0.29) is 0 Å². The minimum atomic E-state index is 0.575. The third kappa shape index (κ3) is 5.40. The topological polar surface area (TPSA) is 61.4 Å². The fourth-order valence-electron chi connectivity index (χ4n) is 8.57. The summed E-state index contributed by atoms with van der Waals surface area (Å²) in [5.41, 5.74) is 10.5. The first kappa shape index (κ1) is 33.4. The summed E-state index contributed by atoms with van der Waals surface area (Å²) in [6, 6.07) is 67.8. The number of hydrogen-bond acceptors (Lipinski definition) is 5. The summed E-state index contributed by atoms with van der Waals surface area (Å²) in [5, 5.41) is 4.64. The number of aromatic nitrogens is 6. The molecule has 0 unspecified atom stereocenters. The first-order valence-corrected chi connectivity index (χ1v) is 20.5. The molecule has 4 heterocycles. The van der Waals surface area contributed by atoms with Gasteiger partial charge in [-0.3, -0.25) is 9.13 Å². The minimum absolute atomic E-state index is 0.575. The number of rotatable bonds is 6. The molecule has 7 heteroatoms. The van der Waals surface area contributed by atoms with Gasteiger partial charge in [0.25, 0.3) is 0 Å². The molecule has 0 saturated carbocycles. The summed E-state index contributed by atoms with van der Waals surface area (Å²) >= 11 is 1.77. The van der Waals surface area contributed by atoms with Gasteiger partial charge in [0.15, 0.2) is 11.6 Å². The molecule has 0 aliphatic rings. The molecule has 0 saturated heterocycles. The Morgan fingerprint density at radius 2 is 1.03 bits per heavy atom. The van der Waals surface area contributed by atoms with Crippen LogP contribution in [-0.2, 0) is 0 Å². The minimum Gasteiger partial charge on any atom is -0.292 e. The van der Waals surface area contributed by atoms with Crippen LogP contribution in [-0.4, -0.2) is 29.1 Å². The normalized spacial score (nSPS) is 11.7. The Morgan fingerprint density at radius 3 is 1.86 bits per heavy atom. The summed E-state index contributed by atoms with van der Waals surface area (Å²) in [7, 11) is 0. The fraction of sp³-hybridized carbons (Fsp3) is 0. The van der Waals surface area contributed by atoms with E-state index in [0.717, 1.165) is 65.7 Å². The van der Waals surface area contributed by atoms with Crippen LogP contribution in [0.1, 0.15) is 0 Å². The van der Waals surface area contributed by atoms with Crippen molar-refractivity contribution in [3.8, 4) is 56.9 Å². The zero-order valence-corrected chi connectivity index (χ0v) is 32.4. The number of imidazole rings is 1. The van der Waals surface area contributed by atoms with E-state index in [9.17, 15) is 0 Å². The van der Waals surface area contributed by atoms with Crippen molar-refractivity contribution in [1.29, 1.82) is 0 Å². The maximum Gasteiger partial charge on any atom is 0.238 e. The number of nitrogens with zero attached hydrogens (tertiary/aromatic N) is 6. The van der Waals surface area contributed by atoms with Crippen molar-refractivity contribution in [2.24, 2.45) is 0 Å². The molecule has 0 amide bonds. The van der Waals surface area contributed by atoms with E-state index in [1.165, 1.54) is 26.6 Å². The smallest absolute Gasteiger partial charge is 0.238 e. The second-order valence-electron chi connectivity index (χ2n) is 14.7. The predicted octanol–water partition coefficient (Wildman–Crippen LogP) is 13.3. The summed E-state index contributed by atoms with van der Waals surface area (Å²) in [5.74, 6) is 2.73. The van der Waals surface area contributed by atoms with Crippen LogP contribution < -0.4 is 0 Å². The van der Waals surface area contributed by atoms with E-state index >= 15 is 0 Å². The third-order valence-electron chi connectivity index (χ3n) is 11.2. The van der Waals surface area contributed by atoms with Gasteiger partial charge in [-0.1, -0.05) is 133 Å². The predicted molar refractivity (Wildman–Crippen MR) is 243 cm³/mol. The molecule has 0 N–H and O–H groups in total. The van der Waals surface area contributed by atoms with Gasteiger partial charge in [0.2, 0.25) is 5.95 Å². The lowest BCUT2D eigenvalue weighted by atomic mass is 9.99. The van der Waals surface area contributed by atoms with Crippen LogP contribution in [0, 0.1) is 0 Å². The van der Waals surface area contributed by atoms with Gasteiger partial charge < -0.3 is 0 Å². The Kier molecular flexibility index (Phi) is 7.61. The molecule has 276 valence electrons. The lowest BCUT2D eigenvalue weighted by molar-refractivity contribution is 0.954. The van der Waals surface area contributed by atoms with Gasteiger partial charge in [0.1, 0.15) is 5.82 Å². The molecule has 0 atom stereocenters. The highest BCUT2D eigenvalue weighted by Crippen LogP contribution is 2.43. The molecule has 12 aromatic rings. The first-order chi connectivity index (χ1) is 29.3. The van der Waals surface area contributed by atoms with Crippen LogP contribution in [0.3, 0.4) is 0 Å². The first-order valence-electron chi connectivity index (χ1n) is 19.7. The van der Waals surface area contributed by atoms with Crippen molar-refractivity contribution in [3.05, 3.63) is 194 Å². The zero-order valence-electron chi connectivity index (χ0n) is 31.6. The molecular weight excluding hydrogens is 741 g/mol. The molecule has 59 heavy (non-hydrogen) atoms. The molecule has 12 rings (SSSR count). The van der Waals surface area contributed by atoms with Crippen molar-refractivity contribution >= 4 is 64.3 Å². The molecule has 0 fully saturated rings. The van der Waals surface area contributed by atoms with Gasteiger partial charge in [-0.05, 0) is 71.8 Å². The average molecular weight is 773 g/mol. The summed E-state index contributed by atoms with van der Waals surface area (Å²) in [6.07, 6.45) is 0. The Hall–Kier alpha value is -7.74. The summed E-state index contributed by atoms with van der Waals surface area (Å²) < 4.78 is 6.77. The maximum atomic E-state index is 5.36. The van der Waals surface area contributed by atoms with E-state index in [2.05, 4.69) is 173 Å². The summed E-state index contributed by atoms with van der Waals surface area (Å²) in [4.78, 5) is 21.0. The number of hydrogen-bond donors (Lipinski definition) is 0. The molecule has 4 aromatic heterocycles. The Balaban J connectivity index is 1.07. The van der Waals surface area contributed by atoms with Crippen molar-refractivity contribution in [2.45, 2.75) is 0 Å². The van der Waals surface area contributed by atoms with Crippen LogP contribution in [0.15, 0.2) is 194 Å². The highest BCUT2D eigenvalue weighted by atomic mass is 32.1. The van der Waals surface area contributed by atoms with Crippen LogP contribution in [0.25, 0.3) is 110 Å². The SMILES string of the molecule is c1ccc(-c2nc(-c3cccc4c3sc3ccc(-c5nc6ccccc6n5-c5ccccc5)cc34)nc(-n3c4ccccc4c4c(-c5ccccc5)cccc43)n2)cc1. The second-order valence-corrected chi connectivity index (χ2v) is 15.7. The van der Waals surface area contributed by atoms with Gasteiger partial charge in [-0.2, -0.15) is 9.97 Å². The maximum absolute atomic E-state index is 5.36. The van der Waals surface area contributed by atoms with Crippen molar-refractivity contribution < 1.29 is 0 Å². The van der Waals surface area contributed by atoms with E-state index in [0.29, 0.717) is 17.6 Å². The van der Waals surface area contributed by atoms with Crippen LogP contribution >= 0.6 is 11.3 Å². The molecule has 0 aliphatic carbocycles. The highest BCUT2D eigenvalue weighted by Gasteiger charge is 2.22. The molecular formula is C52H32N6S. The highest BCUT2D eigenvalue weighted by molar-refractivity contribution is 7.26.